The highest BCUT2D eigenvalue weighted by molar-refractivity contribution is 7.15. The molecule has 28 heavy (non-hydrogen) atoms. The number of carbonyl (C=O) groups excluding carboxylic acids is 1. The summed E-state index contributed by atoms with van der Waals surface area (Å²) >= 11 is 3.12. The summed E-state index contributed by atoms with van der Waals surface area (Å²) in [4.78, 5) is 18.4. The minimum absolute atomic E-state index is 0.250. The van der Waals surface area contributed by atoms with Crippen molar-refractivity contribution in [1.82, 2.24) is 14.8 Å². The number of ether oxygens (including phenoxy) is 1. The average molecular weight is 411 g/mol. The molecule has 0 saturated carbocycles. The molecule has 4 aromatic rings. The largest absolute Gasteiger partial charge is 0.481 e. The molecule has 3 heterocycles. The molecule has 8 heteroatoms. The number of thiophene rings is 1. The van der Waals surface area contributed by atoms with Crippen LogP contribution in [-0.4, -0.2) is 26.8 Å². The monoisotopic (exact) mass is 410 g/mol. The number of rotatable bonds is 6. The molecule has 4 rings (SSSR count). The van der Waals surface area contributed by atoms with Crippen molar-refractivity contribution in [3.8, 4) is 21.5 Å². The number of carbonyl (C=O) groups is 1. The van der Waals surface area contributed by atoms with Gasteiger partial charge in [0.15, 0.2) is 6.10 Å². The van der Waals surface area contributed by atoms with Crippen molar-refractivity contribution in [2.75, 3.05) is 5.32 Å². The van der Waals surface area contributed by atoms with E-state index in [2.05, 4.69) is 15.4 Å². The SMILES string of the molecule is Cc1cc(NC(=O)[C@@H](C)Oc2ccccc2)n(-c2nc(-c3cccs3)cs2)n1. The molecule has 0 bridgehead atoms. The van der Waals surface area contributed by atoms with Gasteiger partial charge in [0.05, 0.1) is 16.3 Å². The standard InChI is InChI=1S/C20H18N4O2S2/c1-13-11-18(22-19(25)14(2)26-15-7-4-3-5-8-15)24(23-13)20-21-16(12-28-20)17-9-6-10-27-17/h3-12,14H,1-2H3,(H,22,25)/t14-/m1/s1. The molecule has 0 aliphatic rings. The predicted molar refractivity (Wildman–Crippen MR) is 112 cm³/mol. The van der Waals surface area contributed by atoms with E-state index in [1.807, 2.05) is 66.2 Å². The quantitative estimate of drug-likeness (QED) is 0.497. The molecule has 3 aromatic heterocycles. The zero-order valence-electron chi connectivity index (χ0n) is 15.3. The highest BCUT2D eigenvalue weighted by Gasteiger charge is 2.19. The lowest BCUT2D eigenvalue weighted by Gasteiger charge is -2.14. The molecule has 0 radical (unpaired) electrons. The van der Waals surface area contributed by atoms with E-state index in [9.17, 15) is 4.79 Å². The van der Waals surface area contributed by atoms with Crippen LogP contribution in [0.3, 0.4) is 0 Å². The summed E-state index contributed by atoms with van der Waals surface area (Å²) in [5.74, 6) is 0.966. The van der Waals surface area contributed by atoms with Gasteiger partial charge < -0.3 is 10.1 Å². The van der Waals surface area contributed by atoms with Crippen molar-refractivity contribution in [2.24, 2.45) is 0 Å². The van der Waals surface area contributed by atoms with Gasteiger partial charge in [-0.2, -0.15) is 9.78 Å². The predicted octanol–water partition coefficient (Wildman–Crippen LogP) is 4.77. The van der Waals surface area contributed by atoms with Gasteiger partial charge in [-0.1, -0.05) is 24.3 Å². The number of nitrogens with zero attached hydrogens (tertiary/aromatic N) is 3. The number of nitrogens with one attached hydrogen (secondary N) is 1. The van der Waals surface area contributed by atoms with E-state index in [1.54, 1.807) is 22.9 Å². The smallest absolute Gasteiger partial charge is 0.266 e. The number of para-hydroxylation sites is 1. The van der Waals surface area contributed by atoms with Crippen molar-refractivity contribution in [2.45, 2.75) is 20.0 Å². The number of hydrogen-bond acceptors (Lipinski definition) is 6. The third-order valence-corrected chi connectivity index (χ3v) is 5.66. The minimum Gasteiger partial charge on any atom is -0.481 e. The maximum absolute atomic E-state index is 12.6. The summed E-state index contributed by atoms with van der Waals surface area (Å²) in [6.45, 7) is 3.60. The molecular weight excluding hydrogens is 392 g/mol. The van der Waals surface area contributed by atoms with Crippen LogP contribution in [0.1, 0.15) is 12.6 Å². The Kier molecular flexibility index (Phi) is 5.23. The number of benzene rings is 1. The lowest BCUT2D eigenvalue weighted by molar-refractivity contribution is -0.122. The third-order valence-electron chi connectivity index (χ3n) is 3.95. The lowest BCUT2D eigenvalue weighted by atomic mass is 10.3. The maximum atomic E-state index is 12.6. The number of anilines is 1. The first-order chi connectivity index (χ1) is 13.6. The van der Waals surface area contributed by atoms with Crippen LogP contribution in [0.25, 0.3) is 15.7 Å². The fourth-order valence-corrected chi connectivity index (χ4v) is 4.17. The van der Waals surface area contributed by atoms with Crippen LogP contribution >= 0.6 is 22.7 Å². The van der Waals surface area contributed by atoms with Gasteiger partial charge in [0.1, 0.15) is 11.6 Å². The van der Waals surface area contributed by atoms with Gasteiger partial charge in [0, 0.05) is 11.4 Å². The molecule has 0 unspecified atom stereocenters. The normalized spacial score (nSPS) is 11.9. The van der Waals surface area contributed by atoms with Crippen LogP contribution in [0, 0.1) is 6.92 Å². The summed E-state index contributed by atoms with van der Waals surface area (Å²) in [6.07, 6.45) is -0.649. The van der Waals surface area contributed by atoms with Crippen molar-refractivity contribution >= 4 is 34.4 Å². The van der Waals surface area contributed by atoms with Gasteiger partial charge in [-0.3, -0.25) is 4.79 Å². The molecule has 0 spiro atoms. The molecule has 142 valence electrons. The zero-order chi connectivity index (χ0) is 19.5. The maximum Gasteiger partial charge on any atom is 0.266 e. The molecule has 1 N–H and O–H groups in total. The van der Waals surface area contributed by atoms with Crippen LogP contribution < -0.4 is 10.1 Å². The molecule has 1 atom stereocenters. The summed E-state index contributed by atoms with van der Waals surface area (Å²) in [6, 6.07) is 15.1. The highest BCUT2D eigenvalue weighted by Crippen LogP contribution is 2.29. The van der Waals surface area contributed by atoms with Crippen molar-refractivity contribution in [1.29, 1.82) is 0 Å². The molecular formula is C20H18N4O2S2. The topological polar surface area (TPSA) is 69.0 Å². The van der Waals surface area contributed by atoms with Crippen LogP contribution in [0.2, 0.25) is 0 Å². The summed E-state index contributed by atoms with van der Waals surface area (Å²) in [5.41, 5.74) is 1.70. The van der Waals surface area contributed by atoms with Gasteiger partial charge in [0.25, 0.3) is 5.91 Å². The number of amides is 1. The molecule has 1 amide bonds. The Hall–Kier alpha value is -2.97. The lowest BCUT2D eigenvalue weighted by Crippen LogP contribution is -2.30. The van der Waals surface area contributed by atoms with Gasteiger partial charge in [0.2, 0.25) is 5.13 Å². The zero-order valence-corrected chi connectivity index (χ0v) is 17.0. The fourth-order valence-electron chi connectivity index (χ4n) is 2.62. The van der Waals surface area contributed by atoms with E-state index < -0.39 is 6.10 Å². The molecule has 0 saturated heterocycles. The molecule has 0 aliphatic heterocycles. The van der Waals surface area contributed by atoms with E-state index in [4.69, 9.17) is 4.74 Å². The summed E-state index contributed by atoms with van der Waals surface area (Å²) in [5, 5.41) is 12.1. The van der Waals surface area contributed by atoms with Crippen LogP contribution in [0.15, 0.2) is 59.3 Å². The second-order valence-electron chi connectivity index (χ2n) is 6.14. The Labute approximate surface area is 170 Å². The van der Waals surface area contributed by atoms with Crippen molar-refractivity contribution in [3.05, 3.63) is 65.0 Å². The van der Waals surface area contributed by atoms with E-state index in [0.29, 0.717) is 16.7 Å². The second kappa shape index (κ2) is 7.95. The first-order valence-corrected chi connectivity index (χ1v) is 10.4. The molecule has 6 nitrogen and oxygen atoms in total. The minimum atomic E-state index is -0.649. The average Bonchev–Trinajstić information content (AvgIpc) is 3.42. The Balaban J connectivity index is 1.52. The van der Waals surface area contributed by atoms with Crippen molar-refractivity contribution in [3.63, 3.8) is 0 Å². The number of hydrogen-bond donors (Lipinski definition) is 1. The van der Waals surface area contributed by atoms with Crippen LogP contribution in [0.5, 0.6) is 5.75 Å². The van der Waals surface area contributed by atoms with Gasteiger partial charge in [-0.25, -0.2) is 4.98 Å². The van der Waals surface area contributed by atoms with E-state index >= 15 is 0 Å². The molecule has 0 aliphatic carbocycles. The van der Waals surface area contributed by atoms with Gasteiger partial charge in [-0.05, 0) is 37.4 Å². The fraction of sp³-hybridized carbons (Fsp3) is 0.150. The van der Waals surface area contributed by atoms with Gasteiger partial charge >= 0.3 is 0 Å². The first kappa shape index (κ1) is 18.4. The molecule has 1 aromatic carbocycles. The van der Waals surface area contributed by atoms with E-state index in [0.717, 1.165) is 16.3 Å². The highest BCUT2D eigenvalue weighted by atomic mass is 32.1. The van der Waals surface area contributed by atoms with Gasteiger partial charge in [-0.15, -0.1) is 22.7 Å². The number of aryl methyl sites for hydroxylation is 1. The summed E-state index contributed by atoms with van der Waals surface area (Å²) in [7, 11) is 0. The number of thiazole rings is 1. The third kappa shape index (κ3) is 3.97. The van der Waals surface area contributed by atoms with Crippen LogP contribution in [-0.2, 0) is 4.79 Å². The Morgan fingerprint density at radius 3 is 2.75 bits per heavy atom. The summed E-state index contributed by atoms with van der Waals surface area (Å²) < 4.78 is 7.36. The Morgan fingerprint density at radius 1 is 1.18 bits per heavy atom. The van der Waals surface area contributed by atoms with Crippen LogP contribution in [0.4, 0.5) is 5.82 Å². The number of aromatic nitrogens is 3. The second-order valence-corrected chi connectivity index (χ2v) is 7.92. The van der Waals surface area contributed by atoms with E-state index in [-0.39, 0.29) is 5.91 Å². The Bertz CT molecular complexity index is 1070. The van der Waals surface area contributed by atoms with Crippen molar-refractivity contribution < 1.29 is 9.53 Å². The molecule has 0 fully saturated rings. The first-order valence-electron chi connectivity index (χ1n) is 8.69. The Morgan fingerprint density at radius 2 is 2.00 bits per heavy atom. The van der Waals surface area contributed by atoms with E-state index in [1.165, 1.54) is 11.3 Å².